The maximum absolute atomic E-state index is 13.1. The van der Waals surface area contributed by atoms with Gasteiger partial charge in [0.05, 0.1) is 18.5 Å². The summed E-state index contributed by atoms with van der Waals surface area (Å²) in [4.78, 5) is 29.4. The molecule has 2 aliphatic rings. The van der Waals surface area contributed by atoms with Crippen LogP contribution in [0.15, 0.2) is 36.5 Å². The molecular formula is C19H16F3N3O4. The largest absolute Gasteiger partial charge is 0.439 e. The molecule has 0 bridgehead atoms. The Kier molecular flexibility index (Phi) is 4.26. The van der Waals surface area contributed by atoms with Gasteiger partial charge < -0.3 is 14.8 Å². The first-order valence-electron chi connectivity index (χ1n) is 8.68. The van der Waals surface area contributed by atoms with Crippen LogP contribution in [0, 0.1) is 0 Å². The number of urea groups is 1. The molecular weight excluding hydrogens is 391 g/mol. The molecule has 0 saturated carbocycles. The van der Waals surface area contributed by atoms with Crippen LogP contribution in [0.2, 0.25) is 0 Å². The first-order valence-corrected chi connectivity index (χ1v) is 8.68. The van der Waals surface area contributed by atoms with Crippen molar-refractivity contribution in [3.63, 3.8) is 0 Å². The molecule has 3 heterocycles. The third-order valence-corrected chi connectivity index (χ3v) is 4.66. The van der Waals surface area contributed by atoms with Crippen molar-refractivity contribution in [2.75, 3.05) is 4.90 Å². The van der Waals surface area contributed by atoms with Gasteiger partial charge in [-0.3, -0.25) is 4.79 Å². The Morgan fingerprint density at radius 1 is 1.24 bits per heavy atom. The zero-order valence-corrected chi connectivity index (χ0v) is 15.4. The Morgan fingerprint density at radius 3 is 2.59 bits per heavy atom. The number of amides is 3. The van der Waals surface area contributed by atoms with Crippen LogP contribution in [0.3, 0.4) is 0 Å². The van der Waals surface area contributed by atoms with Crippen LogP contribution in [0.25, 0.3) is 0 Å². The fourth-order valence-corrected chi connectivity index (χ4v) is 3.21. The molecule has 1 fully saturated rings. The average molecular weight is 407 g/mol. The second-order valence-corrected chi connectivity index (χ2v) is 7.25. The smallest absolute Gasteiger partial charge is 0.418 e. The number of nitrogens with one attached hydrogen (secondary N) is 1. The van der Waals surface area contributed by atoms with E-state index in [1.54, 1.807) is 13.8 Å². The van der Waals surface area contributed by atoms with Gasteiger partial charge >= 0.3 is 12.2 Å². The van der Waals surface area contributed by atoms with Crippen LogP contribution in [0.4, 0.5) is 23.7 Å². The van der Waals surface area contributed by atoms with E-state index >= 15 is 0 Å². The maximum atomic E-state index is 13.1. The summed E-state index contributed by atoms with van der Waals surface area (Å²) in [6.07, 6.45) is -5.22. The van der Waals surface area contributed by atoms with E-state index in [4.69, 9.17) is 9.47 Å². The monoisotopic (exact) mass is 407 g/mol. The highest BCUT2D eigenvalue weighted by atomic mass is 19.4. The Labute approximate surface area is 163 Å². The topological polar surface area (TPSA) is 80.8 Å². The maximum Gasteiger partial charge on any atom is 0.418 e. The zero-order chi connectivity index (χ0) is 21.0. The van der Waals surface area contributed by atoms with E-state index in [0.29, 0.717) is 5.56 Å². The second kappa shape index (κ2) is 6.45. The lowest BCUT2D eigenvalue weighted by Gasteiger charge is -2.16. The Bertz CT molecular complexity index is 989. The van der Waals surface area contributed by atoms with E-state index in [1.165, 1.54) is 36.5 Å². The molecule has 2 aliphatic heterocycles. The molecule has 1 aromatic heterocycles. The van der Waals surface area contributed by atoms with Crippen LogP contribution in [0.1, 0.15) is 31.1 Å². The van der Waals surface area contributed by atoms with Crippen molar-refractivity contribution in [2.45, 2.75) is 38.3 Å². The number of ether oxygens (including phenoxy) is 2. The molecule has 29 heavy (non-hydrogen) atoms. The lowest BCUT2D eigenvalue weighted by atomic mass is 10.0. The zero-order valence-electron chi connectivity index (χ0n) is 15.4. The highest BCUT2D eigenvalue weighted by molar-refractivity contribution is 6.22. The van der Waals surface area contributed by atoms with Crippen molar-refractivity contribution in [1.29, 1.82) is 0 Å². The molecule has 0 radical (unpaired) electrons. The lowest BCUT2D eigenvalue weighted by Crippen LogP contribution is -2.40. The number of fused-ring (bicyclic) bond motifs is 1. The summed E-state index contributed by atoms with van der Waals surface area (Å²) in [6, 6.07) is 6.64. The second-order valence-electron chi connectivity index (χ2n) is 7.25. The van der Waals surface area contributed by atoms with Gasteiger partial charge in [0.1, 0.15) is 11.3 Å². The van der Waals surface area contributed by atoms with Gasteiger partial charge in [-0.05, 0) is 43.2 Å². The van der Waals surface area contributed by atoms with Gasteiger partial charge in [0.25, 0.3) is 5.91 Å². The summed E-state index contributed by atoms with van der Waals surface area (Å²) in [5.41, 5.74) is -0.310. The molecule has 152 valence electrons. The van der Waals surface area contributed by atoms with Gasteiger partial charge in [0.15, 0.2) is 6.10 Å². The minimum Gasteiger partial charge on any atom is -0.439 e. The summed E-state index contributed by atoms with van der Waals surface area (Å²) in [5, 5.41) is 2.56. The van der Waals surface area contributed by atoms with E-state index in [0.717, 1.165) is 4.90 Å². The molecule has 0 spiro atoms. The third-order valence-electron chi connectivity index (χ3n) is 4.66. The van der Waals surface area contributed by atoms with E-state index < -0.39 is 29.8 Å². The van der Waals surface area contributed by atoms with E-state index in [2.05, 4.69) is 10.3 Å². The van der Waals surface area contributed by atoms with E-state index in [1.807, 2.05) is 0 Å². The molecule has 7 nitrogen and oxygen atoms in total. The first kappa shape index (κ1) is 19.2. The van der Waals surface area contributed by atoms with Crippen LogP contribution >= 0.6 is 0 Å². The number of hydrogen-bond acceptors (Lipinski definition) is 5. The minimum atomic E-state index is -4.51. The number of benzene rings is 1. The van der Waals surface area contributed by atoms with Crippen LogP contribution in [-0.2, 0) is 16.1 Å². The number of pyridine rings is 1. The van der Waals surface area contributed by atoms with Crippen LogP contribution in [0.5, 0.6) is 11.6 Å². The molecule has 10 heteroatoms. The standard InChI is InChI=1S/C19H16F3N3O4/c1-18(2)16(26)25(17(27)24-18)11-4-6-14(23-8-11)29-12-5-3-10-9-28-15(13(10)7-12)19(20,21)22/h3-8,15H,9H2,1-2H3,(H,24,27)/t15-/m0/s1. The van der Waals surface area contributed by atoms with Crippen molar-refractivity contribution in [1.82, 2.24) is 10.3 Å². The fourth-order valence-electron chi connectivity index (χ4n) is 3.21. The van der Waals surface area contributed by atoms with Gasteiger partial charge in [-0.2, -0.15) is 13.2 Å². The normalized spacial score (nSPS) is 20.6. The summed E-state index contributed by atoms with van der Waals surface area (Å²) in [6.45, 7) is 3.06. The number of hydrogen-bond donors (Lipinski definition) is 1. The molecule has 1 atom stereocenters. The third kappa shape index (κ3) is 3.39. The van der Waals surface area contributed by atoms with Crippen LogP contribution < -0.4 is 15.0 Å². The summed E-state index contributed by atoms with van der Waals surface area (Å²) >= 11 is 0. The summed E-state index contributed by atoms with van der Waals surface area (Å²) in [7, 11) is 0. The van der Waals surface area contributed by atoms with E-state index in [-0.39, 0.29) is 29.5 Å². The molecule has 0 unspecified atom stereocenters. The number of aromatic nitrogens is 1. The quantitative estimate of drug-likeness (QED) is 0.782. The van der Waals surface area contributed by atoms with Gasteiger partial charge in [0, 0.05) is 6.07 Å². The SMILES string of the molecule is CC1(C)NC(=O)N(c2ccc(Oc3ccc4c(c3)[C@@H](C(F)(F)F)OC4)nc2)C1=O. The van der Waals surface area contributed by atoms with Crippen molar-refractivity contribution >= 4 is 17.6 Å². The number of nitrogens with zero attached hydrogens (tertiary/aromatic N) is 2. The van der Waals surface area contributed by atoms with Crippen molar-refractivity contribution in [3.05, 3.63) is 47.7 Å². The number of carbonyl (C=O) groups excluding carboxylic acids is 2. The number of imide groups is 1. The highest BCUT2D eigenvalue weighted by Crippen LogP contribution is 2.43. The number of anilines is 1. The molecule has 1 saturated heterocycles. The number of halogens is 3. The molecule has 1 aromatic carbocycles. The van der Waals surface area contributed by atoms with Gasteiger partial charge in [-0.15, -0.1) is 0 Å². The molecule has 4 rings (SSSR count). The summed E-state index contributed by atoms with van der Waals surface area (Å²) < 4.78 is 49.6. The summed E-state index contributed by atoms with van der Waals surface area (Å²) in [5.74, 6) is -0.155. The number of alkyl halides is 3. The Hall–Kier alpha value is -3.14. The number of rotatable bonds is 3. The van der Waals surface area contributed by atoms with Gasteiger partial charge in [0.2, 0.25) is 5.88 Å². The molecule has 3 amide bonds. The molecule has 0 aliphatic carbocycles. The van der Waals surface area contributed by atoms with Crippen molar-refractivity contribution in [3.8, 4) is 11.6 Å². The van der Waals surface area contributed by atoms with Crippen molar-refractivity contribution in [2.24, 2.45) is 0 Å². The van der Waals surface area contributed by atoms with E-state index in [9.17, 15) is 22.8 Å². The van der Waals surface area contributed by atoms with Crippen molar-refractivity contribution < 1.29 is 32.2 Å². The average Bonchev–Trinajstić information content (AvgIpc) is 3.14. The fraction of sp³-hybridized carbons (Fsp3) is 0.316. The number of carbonyl (C=O) groups is 2. The Balaban J connectivity index is 1.53. The lowest BCUT2D eigenvalue weighted by molar-refractivity contribution is -0.219. The van der Waals surface area contributed by atoms with Gasteiger partial charge in [-0.1, -0.05) is 6.07 Å². The Morgan fingerprint density at radius 2 is 2.00 bits per heavy atom. The predicted molar refractivity (Wildman–Crippen MR) is 94.4 cm³/mol. The highest BCUT2D eigenvalue weighted by Gasteiger charge is 2.46. The predicted octanol–water partition coefficient (Wildman–Crippen LogP) is 3.84. The van der Waals surface area contributed by atoms with Gasteiger partial charge in [-0.25, -0.2) is 14.7 Å². The molecule has 2 aromatic rings. The first-order chi connectivity index (χ1) is 13.6. The minimum absolute atomic E-state index is 0.00758. The van der Waals surface area contributed by atoms with Crippen LogP contribution in [-0.4, -0.2) is 28.6 Å². The molecule has 1 N–H and O–H groups in total.